The summed E-state index contributed by atoms with van der Waals surface area (Å²) < 4.78 is 0. The average Bonchev–Trinajstić information content (AvgIpc) is 2.11. The molecule has 70 valence electrons. The van der Waals surface area contributed by atoms with Gasteiger partial charge in [-0.05, 0) is 26.2 Å². The van der Waals surface area contributed by atoms with Gasteiger partial charge in [-0.1, -0.05) is 19.8 Å². The normalized spacial score (nSPS) is 15.2. The van der Waals surface area contributed by atoms with Gasteiger partial charge in [0, 0.05) is 5.88 Å². The van der Waals surface area contributed by atoms with Crippen molar-refractivity contribution in [1.29, 1.82) is 5.26 Å². The molecule has 0 heterocycles. The number of unbranched alkanes of at least 4 members (excludes halogenated alkanes) is 1. The molecule has 0 rings (SSSR count). The van der Waals surface area contributed by atoms with Gasteiger partial charge < -0.3 is 0 Å². The molecule has 12 heavy (non-hydrogen) atoms. The van der Waals surface area contributed by atoms with Crippen LogP contribution in [0.15, 0.2) is 0 Å². The van der Waals surface area contributed by atoms with Gasteiger partial charge in [-0.15, -0.1) is 11.6 Å². The summed E-state index contributed by atoms with van der Waals surface area (Å²) in [6.07, 6.45) is 5.21. The monoisotopic (exact) mass is 187 g/mol. The summed E-state index contributed by atoms with van der Waals surface area (Å²) in [6.45, 7) is 4.19. The van der Waals surface area contributed by atoms with Gasteiger partial charge in [0.05, 0.1) is 11.5 Å². The molecule has 0 bridgehead atoms. The molecule has 0 aliphatic rings. The Balaban J connectivity index is 3.81. The molecule has 0 aliphatic heterocycles. The topological polar surface area (TPSA) is 23.8 Å². The van der Waals surface area contributed by atoms with Crippen molar-refractivity contribution in [1.82, 2.24) is 0 Å². The molecule has 0 saturated heterocycles. The molecule has 0 radical (unpaired) electrons. The molecule has 2 heteroatoms. The maximum Gasteiger partial charge on any atom is 0.0686 e. The van der Waals surface area contributed by atoms with E-state index in [0.717, 1.165) is 32.1 Å². The summed E-state index contributed by atoms with van der Waals surface area (Å²) in [5.41, 5.74) is -0.134. The summed E-state index contributed by atoms with van der Waals surface area (Å²) in [5, 5.41) is 8.95. The van der Waals surface area contributed by atoms with Crippen LogP contribution < -0.4 is 0 Å². The molecule has 0 aromatic rings. The van der Waals surface area contributed by atoms with Gasteiger partial charge in [-0.2, -0.15) is 5.26 Å². The van der Waals surface area contributed by atoms with E-state index < -0.39 is 0 Å². The van der Waals surface area contributed by atoms with Crippen molar-refractivity contribution in [3.63, 3.8) is 0 Å². The highest BCUT2D eigenvalue weighted by molar-refractivity contribution is 6.17. The Bertz CT molecular complexity index is 140. The zero-order chi connectivity index (χ0) is 9.45. The Morgan fingerprint density at radius 2 is 1.92 bits per heavy atom. The number of rotatable bonds is 6. The highest BCUT2D eigenvalue weighted by atomic mass is 35.5. The predicted molar refractivity (Wildman–Crippen MR) is 53.2 cm³/mol. The minimum absolute atomic E-state index is 0.134. The van der Waals surface area contributed by atoms with Crippen LogP contribution in [0.25, 0.3) is 0 Å². The Kier molecular flexibility index (Phi) is 6.20. The van der Waals surface area contributed by atoms with Gasteiger partial charge in [-0.25, -0.2) is 0 Å². The van der Waals surface area contributed by atoms with Crippen molar-refractivity contribution < 1.29 is 0 Å². The SMILES string of the molecule is CCCCC(C)(C#N)CCCCl. The van der Waals surface area contributed by atoms with Gasteiger partial charge in [0.25, 0.3) is 0 Å². The van der Waals surface area contributed by atoms with E-state index in [9.17, 15) is 0 Å². The summed E-state index contributed by atoms with van der Waals surface area (Å²) in [5.74, 6) is 0.670. The molecule has 0 amide bonds. The first kappa shape index (κ1) is 11.8. The van der Waals surface area contributed by atoms with Gasteiger partial charge in [0.15, 0.2) is 0 Å². The van der Waals surface area contributed by atoms with Crippen LogP contribution in [-0.2, 0) is 0 Å². The fourth-order valence-corrected chi connectivity index (χ4v) is 1.39. The third-order valence-electron chi connectivity index (χ3n) is 2.21. The molecule has 0 fully saturated rings. The zero-order valence-corrected chi connectivity index (χ0v) is 8.82. The second-order valence-electron chi connectivity index (χ2n) is 3.57. The lowest BCUT2D eigenvalue weighted by atomic mass is 9.82. The summed E-state index contributed by atoms with van der Waals surface area (Å²) in [6, 6.07) is 2.39. The molecule has 0 aromatic heterocycles. The van der Waals surface area contributed by atoms with Crippen LogP contribution in [-0.4, -0.2) is 5.88 Å². The second kappa shape index (κ2) is 6.31. The number of halogens is 1. The quantitative estimate of drug-likeness (QED) is 0.582. The molecular weight excluding hydrogens is 170 g/mol. The van der Waals surface area contributed by atoms with Crippen molar-refractivity contribution >= 4 is 11.6 Å². The smallest absolute Gasteiger partial charge is 0.0686 e. The molecule has 0 saturated carbocycles. The van der Waals surface area contributed by atoms with Crippen molar-refractivity contribution in [3.8, 4) is 6.07 Å². The largest absolute Gasteiger partial charge is 0.198 e. The summed E-state index contributed by atoms with van der Waals surface area (Å²) >= 11 is 5.59. The van der Waals surface area contributed by atoms with Crippen LogP contribution in [0.5, 0.6) is 0 Å². The van der Waals surface area contributed by atoms with Crippen LogP contribution in [0, 0.1) is 16.7 Å². The number of alkyl halides is 1. The standard InChI is InChI=1S/C10H18ClN/c1-3-4-6-10(2,9-12)7-5-8-11/h3-8H2,1-2H3. The molecule has 0 aliphatic carbocycles. The number of nitriles is 1. The van der Waals surface area contributed by atoms with Crippen molar-refractivity contribution in [3.05, 3.63) is 0 Å². The fourth-order valence-electron chi connectivity index (χ4n) is 1.26. The minimum atomic E-state index is -0.134. The molecular formula is C10H18ClN. The van der Waals surface area contributed by atoms with Crippen LogP contribution in [0.3, 0.4) is 0 Å². The third kappa shape index (κ3) is 4.62. The Morgan fingerprint density at radius 3 is 2.33 bits per heavy atom. The van der Waals surface area contributed by atoms with E-state index in [1.54, 1.807) is 0 Å². The maximum atomic E-state index is 8.95. The molecule has 1 atom stereocenters. The number of hydrogen-bond acceptors (Lipinski definition) is 1. The van der Waals surface area contributed by atoms with Gasteiger partial charge in [-0.3, -0.25) is 0 Å². The average molecular weight is 188 g/mol. The molecule has 0 aromatic carbocycles. The number of hydrogen-bond donors (Lipinski definition) is 0. The van der Waals surface area contributed by atoms with Gasteiger partial charge in [0.2, 0.25) is 0 Å². The zero-order valence-electron chi connectivity index (χ0n) is 8.07. The van der Waals surface area contributed by atoms with Crippen LogP contribution in [0.4, 0.5) is 0 Å². The molecule has 0 N–H and O–H groups in total. The van der Waals surface area contributed by atoms with Crippen molar-refractivity contribution in [2.24, 2.45) is 5.41 Å². The first-order chi connectivity index (χ1) is 5.68. The molecule has 0 spiro atoms. The molecule has 1 unspecified atom stereocenters. The summed E-state index contributed by atoms with van der Waals surface area (Å²) in [4.78, 5) is 0. The predicted octanol–water partition coefficient (Wildman–Crippen LogP) is 3.73. The lowest BCUT2D eigenvalue weighted by molar-refractivity contribution is 0.357. The van der Waals surface area contributed by atoms with Crippen LogP contribution >= 0.6 is 11.6 Å². The maximum absolute atomic E-state index is 8.95. The van der Waals surface area contributed by atoms with Gasteiger partial charge >= 0.3 is 0 Å². The Hall–Kier alpha value is -0.220. The van der Waals surface area contributed by atoms with E-state index in [0.29, 0.717) is 5.88 Å². The van der Waals surface area contributed by atoms with Crippen LogP contribution in [0.1, 0.15) is 46.0 Å². The number of nitrogens with zero attached hydrogens (tertiary/aromatic N) is 1. The van der Waals surface area contributed by atoms with E-state index in [1.807, 2.05) is 6.92 Å². The van der Waals surface area contributed by atoms with E-state index in [2.05, 4.69) is 13.0 Å². The summed E-state index contributed by atoms with van der Waals surface area (Å²) in [7, 11) is 0. The lowest BCUT2D eigenvalue weighted by Crippen LogP contribution is -2.13. The highest BCUT2D eigenvalue weighted by Crippen LogP contribution is 2.28. The lowest BCUT2D eigenvalue weighted by Gasteiger charge is -2.20. The van der Waals surface area contributed by atoms with E-state index >= 15 is 0 Å². The minimum Gasteiger partial charge on any atom is -0.198 e. The van der Waals surface area contributed by atoms with E-state index in [4.69, 9.17) is 16.9 Å². The fraction of sp³-hybridized carbons (Fsp3) is 0.900. The van der Waals surface area contributed by atoms with E-state index in [1.165, 1.54) is 0 Å². The highest BCUT2D eigenvalue weighted by Gasteiger charge is 2.21. The van der Waals surface area contributed by atoms with Crippen molar-refractivity contribution in [2.75, 3.05) is 5.88 Å². The Morgan fingerprint density at radius 1 is 1.33 bits per heavy atom. The first-order valence-electron chi connectivity index (χ1n) is 4.66. The molecule has 1 nitrogen and oxygen atoms in total. The van der Waals surface area contributed by atoms with E-state index in [-0.39, 0.29) is 5.41 Å². The van der Waals surface area contributed by atoms with Crippen LogP contribution in [0.2, 0.25) is 0 Å². The Labute approximate surface area is 80.7 Å². The third-order valence-corrected chi connectivity index (χ3v) is 2.48. The first-order valence-corrected chi connectivity index (χ1v) is 5.19. The van der Waals surface area contributed by atoms with Crippen molar-refractivity contribution in [2.45, 2.75) is 46.0 Å². The second-order valence-corrected chi connectivity index (χ2v) is 3.95. The van der Waals surface area contributed by atoms with Gasteiger partial charge in [0.1, 0.15) is 0 Å².